The maximum absolute atomic E-state index is 5.73. The molecule has 3 heteroatoms. The number of nitrogens with one attached hydrogen (secondary N) is 1. The van der Waals surface area contributed by atoms with Gasteiger partial charge in [-0.15, -0.1) is 0 Å². The van der Waals surface area contributed by atoms with Crippen molar-refractivity contribution in [3.05, 3.63) is 11.6 Å². The molecule has 1 heterocycles. The standard InChI is InChI=1S/C16H32N2O/c1-6-19-16(4,5)13-17-15-8-11-18(12-9-15)10-7-14(2)3/h7,15,17H,6,8-13H2,1-5H3. The van der Waals surface area contributed by atoms with E-state index in [1.54, 1.807) is 0 Å². The van der Waals surface area contributed by atoms with Crippen LogP contribution in [0.15, 0.2) is 11.6 Å². The Hall–Kier alpha value is -0.380. The summed E-state index contributed by atoms with van der Waals surface area (Å²) < 4.78 is 5.73. The Kier molecular flexibility index (Phi) is 7.05. The van der Waals surface area contributed by atoms with E-state index in [9.17, 15) is 0 Å². The number of likely N-dealkylation sites (tertiary alicyclic amines) is 1. The van der Waals surface area contributed by atoms with Crippen LogP contribution in [0.3, 0.4) is 0 Å². The van der Waals surface area contributed by atoms with Gasteiger partial charge in [-0.25, -0.2) is 0 Å². The van der Waals surface area contributed by atoms with Crippen LogP contribution in [-0.2, 0) is 4.74 Å². The number of piperidine rings is 1. The average Bonchev–Trinajstić information content (AvgIpc) is 2.35. The molecule has 1 aliphatic heterocycles. The predicted molar refractivity (Wildman–Crippen MR) is 82.6 cm³/mol. The molecule has 0 aromatic heterocycles. The first kappa shape index (κ1) is 16.7. The van der Waals surface area contributed by atoms with Crippen LogP contribution >= 0.6 is 0 Å². The number of nitrogens with zero attached hydrogens (tertiary/aromatic N) is 1. The summed E-state index contributed by atoms with van der Waals surface area (Å²) in [6.45, 7) is 16.0. The van der Waals surface area contributed by atoms with Crippen molar-refractivity contribution in [2.75, 3.05) is 32.8 Å². The minimum absolute atomic E-state index is 0.0477. The zero-order valence-electron chi connectivity index (χ0n) is 13.5. The summed E-state index contributed by atoms with van der Waals surface area (Å²) in [4.78, 5) is 2.54. The van der Waals surface area contributed by atoms with E-state index in [0.29, 0.717) is 6.04 Å². The van der Waals surface area contributed by atoms with Gasteiger partial charge < -0.3 is 10.1 Å². The average molecular weight is 268 g/mol. The van der Waals surface area contributed by atoms with Crippen LogP contribution in [0, 0.1) is 0 Å². The minimum atomic E-state index is -0.0477. The van der Waals surface area contributed by atoms with Gasteiger partial charge in [0.2, 0.25) is 0 Å². The Labute approximate surface area is 119 Å². The third kappa shape index (κ3) is 7.09. The smallest absolute Gasteiger partial charge is 0.0750 e. The Morgan fingerprint density at radius 3 is 2.47 bits per heavy atom. The highest BCUT2D eigenvalue weighted by molar-refractivity contribution is 4.95. The van der Waals surface area contributed by atoms with Crippen LogP contribution in [0.25, 0.3) is 0 Å². The van der Waals surface area contributed by atoms with Crippen molar-refractivity contribution < 1.29 is 4.74 Å². The third-order valence-electron chi connectivity index (χ3n) is 3.70. The van der Waals surface area contributed by atoms with Crippen LogP contribution < -0.4 is 5.32 Å². The van der Waals surface area contributed by atoms with Gasteiger partial charge in [0.1, 0.15) is 0 Å². The Bertz CT molecular complexity index is 274. The van der Waals surface area contributed by atoms with E-state index in [0.717, 1.165) is 19.7 Å². The maximum Gasteiger partial charge on any atom is 0.0750 e. The summed E-state index contributed by atoms with van der Waals surface area (Å²) in [7, 11) is 0. The molecule has 1 rings (SSSR count). The molecule has 112 valence electrons. The van der Waals surface area contributed by atoms with Gasteiger partial charge in [-0.2, -0.15) is 0 Å². The zero-order chi connectivity index (χ0) is 14.3. The van der Waals surface area contributed by atoms with Crippen molar-refractivity contribution in [2.45, 2.75) is 59.1 Å². The number of ether oxygens (including phenoxy) is 1. The summed E-state index contributed by atoms with van der Waals surface area (Å²) in [5, 5.41) is 3.67. The molecule has 1 fully saturated rings. The fourth-order valence-corrected chi connectivity index (χ4v) is 2.46. The molecule has 19 heavy (non-hydrogen) atoms. The van der Waals surface area contributed by atoms with Gasteiger partial charge in [0.15, 0.2) is 0 Å². The van der Waals surface area contributed by atoms with Crippen molar-refractivity contribution in [1.29, 1.82) is 0 Å². The fourth-order valence-electron chi connectivity index (χ4n) is 2.46. The van der Waals surface area contributed by atoms with E-state index in [4.69, 9.17) is 4.74 Å². The number of hydrogen-bond donors (Lipinski definition) is 1. The number of hydrogen-bond acceptors (Lipinski definition) is 3. The van der Waals surface area contributed by atoms with E-state index in [-0.39, 0.29) is 5.60 Å². The Balaban J connectivity index is 2.21. The van der Waals surface area contributed by atoms with Crippen LogP contribution in [0.4, 0.5) is 0 Å². The van der Waals surface area contributed by atoms with Crippen LogP contribution in [0.1, 0.15) is 47.5 Å². The first-order chi connectivity index (χ1) is 8.93. The highest BCUT2D eigenvalue weighted by Crippen LogP contribution is 2.13. The topological polar surface area (TPSA) is 24.5 Å². The van der Waals surface area contributed by atoms with Gasteiger partial charge in [-0.05, 0) is 60.5 Å². The zero-order valence-corrected chi connectivity index (χ0v) is 13.5. The second kappa shape index (κ2) is 8.03. The Morgan fingerprint density at radius 2 is 1.95 bits per heavy atom. The van der Waals surface area contributed by atoms with Crippen LogP contribution in [-0.4, -0.2) is 49.3 Å². The lowest BCUT2D eigenvalue weighted by Gasteiger charge is -2.34. The lowest BCUT2D eigenvalue weighted by molar-refractivity contribution is -0.0119. The number of allylic oxidation sites excluding steroid dienone is 1. The molecule has 1 saturated heterocycles. The van der Waals surface area contributed by atoms with Crippen LogP contribution in [0.5, 0.6) is 0 Å². The lowest BCUT2D eigenvalue weighted by Crippen LogP contribution is -2.47. The highest BCUT2D eigenvalue weighted by Gasteiger charge is 2.22. The molecule has 1 aliphatic rings. The van der Waals surface area contributed by atoms with Gasteiger partial charge in [0.25, 0.3) is 0 Å². The summed E-state index contributed by atoms with van der Waals surface area (Å²) >= 11 is 0. The van der Waals surface area contributed by atoms with Crippen molar-refractivity contribution in [3.8, 4) is 0 Å². The van der Waals surface area contributed by atoms with E-state index < -0.39 is 0 Å². The molecule has 0 bridgehead atoms. The molecule has 0 saturated carbocycles. The van der Waals surface area contributed by atoms with Crippen molar-refractivity contribution in [2.24, 2.45) is 0 Å². The second-order valence-electron chi connectivity index (χ2n) is 6.43. The molecule has 1 N–H and O–H groups in total. The SMILES string of the molecule is CCOC(C)(C)CNC1CCN(CC=C(C)C)CC1. The monoisotopic (exact) mass is 268 g/mol. The molecule has 0 radical (unpaired) electrons. The predicted octanol–water partition coefficient (Wildman–Crippen LogP) is 2.82. The summed E-state index contributed by atoms with van der Waals surface area (Å²) in [6, 6.07) is 0.655. The van der Waals surface area contributed by atoms with E-state index in [1.807, 2.05) is 0 Å². The second-order valence-corrected chi connectivity index (χ2v) is 6.43. The molecule has 0 unspecified atom stereocenters. The molecular formula is C16H32N2O. The lowest BCUT2D eigenvalue weighted by atomic mass is 10.0. The summed E-state index contributed by atoms with van der Waals surface area (Å²) in [5.74, 6) is 0. The summed E-state index contributed by atoms with van der Waals surface area (Å²) in [6.07, 6.45) is 4.82. The molecule has 0 atom stereocenters. The van der Waals surface area contributed by atoms with E-state index in [1.165, 1.54) is 31.5 Å². The third-order valence-corrected chi connectivity index (χ3v) is 3.70. The van der Waals surface area contributed by atoms with Gasteiger partial charge in [0.05, 0.1) is 5.60 Å². The van der Waals surface area contributed by atoms with Gasteiger partial charge in [-0.1, -0.05) is 11.6 Å². The van der Waals surface area contributed by atoms with Crippen molar-refractivity contribution >= 4 is 0 Å². The first-order valence-electron chi connectivity index (χ1n) is 7.66. The molecule has 0 spiro atoms. The van der Waals surface area contributed by atoms with Gasteiger partial charge in [0, 0.05) is 25.7 Å². The minimum Gasteiger partial charge on any atom is -0.375 e. The molecular weight excluding hydrogens is 236 g/mol. The molecule has 0 aromatic carbocycles. The molecule has 0 aliphatic carbocycles. The van der Waals surface area contributed by atoms with Gasteiger partial charge in [-0.3, -0.25) is 4.90 Å². The molecule has 0 amide bonds. The largest absolute Gasteiger partial charge is 0.375 e. The van der Waals surface area contributed by atoms with Crippen molar-refractivity contribution in [3.63, 3.8) is 0 Å². The van der Waals surface area contributed by atoms with E-state index >= 15 is 0 Å². The molecule has 3 nitrogen and oxygen atoms in total. The quantitative estimate of drug-likeness (QED) is 0.719. The van der Waals surface area contributed by atoms with Crippen LogP contribution in [0.2, 0.25) is 0 Å². The summed E-state index contributed by atoms with van der Waals surface area (Å²) in [5.41, 5.74) is 1.37. The maximum atomic E-state index is 5.73. The number of rotatable bonds is 7. The van der Waals surface area contributed by atoms with E-state index in [2.05, 4.69) is 50.9 Å². The fraction of sp³-hybridized carbons (Fsp3) is 0.875. The van der Waals surface area contributed by atoms with Crippen molar-refractivity contribution in [1.82, 2.24) is 10.2 Å². The highest BCUT2D eigenvalue weighted by atomic mass is 16.5. The Morgan fingerprint density at radius 1 is 1.32 bits per heavy atom. The first-order valence-corrected chi connectivity index (χ1v) is 7.66. The normalized spacial score (nSPS) is 18.6. The molecule has 0 aromatic rings. The van der Waals surface area contributed by atoms with Gasteiger partial charge >= 0.3 is 0 Å².